The van der Waals surface area contributed by atoms with Crippen LogP contribution in [-0.2, 0) is 22.6 Å². The average Bonchev–Trinajstić information content (AvgIpc) is 3.48. The van der Waals surface area contributed by atoms with Gasteiger partial charge in [-0.2, -0.15) is 0 Å². The third kappa shape index (κ3) is 5.01. The second-order valence-corrected chi connectivity index (χ2v) is 8.58. The predicted molar refractivity (Wildman–Crippen MR) is 112 cm³/mol. The number of furan rings is 1. The first kappa shape index (κ1) is 20.0. The number of anilines is 1. The number of ether oxygens (including phenoxy) is 1. The summed E-state index contributed by atoms with van der Waals surface area (Å²) in [6, 6.07) is 5.85. The average molecular weight is 434 g/mol. The van der Waals surface area contributed by atoms with E-state index in [4.69, 9.17) is 9.15 Å². The SMILES string of the molecule is Cc1ccsc1CNC(=O)CSc1nnc(N2CCOCC2)n1Cc1ccco1. The van der Waals surface area contributed by atoms with Crippen LogP contribution in [-0.4, -0.2) is 52.7 Å². The Balaban J connectivity index is 1.42. The first-order valence-corrected chi connectivity index (χ1v) is 11.3. The lowest BCUT2D eigenvalue weighted by molar-refractivity contribution is -0.118. The number of nitrogens with one attached hydrogen (secondary N) is 1. The number of hydrogen-bond donors (Lipinski definition) is 1. The zero-order valence-electron chi connectivity index (χ0n) is 16.2. The number of nitrogens with zero attached hydrogens (tertiary/aromatic N) is 4. The maximum atomic E-state index is 12.3. The summed E-state index contributed by atoms with van der Waals surface area (Å²) in [6.07, 6.45) is 1.65. The van der Waals surface area contributed by atoms with Crippen LogP contribution in [0.25, 0.3) is 0 Å². The second-order valence-electron chi connectivity index (χ2n) is 6.64. The van der Waals surface area contributed by atoms with Gasteiger partial charge in [0.25, 0.3) is 0 Å². The van der Waals surface area contributed by atoms with Crippen LogP contribution >= 0.6 is 23.1 Å². The molecule has 1 N–H and O–H groups in total. The van der Waals surface area contributed by atoms with Crippen molar-refractivity contribution >= 4 is 35.0 Å². The number of amides is 1. The van der Waals surface area contributed by atoms with Crippen LogP contribution in [0, 0.1) is 6.92 Å². The Bertz CT molecular complexity index is 932. The van der Waals surface area contributed by atoms with Crippen LogP contribution in [0.15, 0.2) is 39.4 Å². The molecule has 1 aliphatic rings. The van der Waals surface area contributed by atoms with Crippen molar-refractivity contribution < 1.29 is 13.9 Å². The van der Waals surface area contributed by atoms with E-state index in [1.807, 2.05) is 22.1 Å². The highest BCUT2D eigenvalue weighted by atomic mass is 32.2. The normalized spacial score (nSPS) is 14.3. The molecular weight excluding hydrogens is 410 g/mol. The molecule has 10 heteroatoms. The molecule has 0 spiro atoms. The summed E-state index contributed by atoms with van der Waals surface area (Å²) in [5.74, 6) is 1.85. The van der Waals surface area contributed by atoms with Gasteiger partial charge in [-0.05, 0) is 36.1 Å². The Morgan fingerprint density at radius 2 is 2.17 bits per heavy atom. The van der Waals surface area contributed by atoms with E-state index in [-0.39, 0.29) is 11.7 Å². The first-order valence-electron chi connectivity index (χ1n) is 9.41. The van der Waals surface area contributed by atoms with Gasteiger partial charge in [-0.25, -0.2) is 0 Å². The van der Waals surface area contributed by atoms with Crippen LogP contribution in [0.5, 0.6) is 0 Å². The molecule has 1 aliphatic heterocycles. The van der Waals surface area contributed by atoms with Gasteiger partial charge in [0, 0.05) is 18.0 Å². The molecule has 0 aliphatic carbocycles. The van der Waals surface area contributed by atoms with Crippen LogP contribution in [0.4, 0.5) is 5.95 Å². The van der Waals surface area contributed by atoms with Gasteiger partial charge in [0.1, 0.15) is 5.76 Å². The molecule has 0 aromatic carbocycles. The maximum Gasteiger partial charge on any atom is 0.230 e. The summed E-state index contributed by atoms with van der Waals surface area (Å²) >= 11 is 3.04. The smallest absolute Gasteiger partial charge is 0.230 e. The number of carbonyl (C=O) groups is 1. The fourth-order valence-corrected chi connectivity index (χ4v) is 4.64. The van der Waals surface area contributed by atoms with Crippen LogP contribution in [0.2, 0.25) is 0 Å². The predicted octanol–water partition coefficient (Wildman–Crippen LogP) is 2.53. The molecule has 0 radical (unpaired) electrons. The Kier molecular flexibility index (Phi) is 6.53. The molecule has 1 amide bonds. The van der Waals surface area contributed by atoms with E-state index >= 15 is 0 Å². The zero-order valence-corrected chi connectivity index (χ0v) is 17.8. The minimum atomic E-state index is -0.0247. The summed E-state index contributed by atoms with van der Waals surface area (Å²) in [5, 5.41) is 14.4. The van der Waals surface area contributed by atoms with Gasteiger partial charge in [-0.15, -0.1) is 21.5 Å². The third-order valence-electron chi connectivity index (χ3n) is 4.63. The molecule has 4 heterocycles. The molecule has 1 saturated heterocycles. The van der Waals surface area contributed by atoms with Crippen molar-refractivity contribution in [3.8, 4) is 0 Å². The Morgan fingerprint density at radius 3 is 2.90 bits per heavy atom. The van der Waals surface area contributed by atoms with Crippen molar-refractivity contribution in [1.29, 1.82) is 0 Å². The van der Waals surface area contributed by atoms with E-state index < -0.39 is 0 Å². The summed E-state index contributed by atoms with van der Waals surface area (Å²) in [6.45, 7) is 5.99. The van der Waals surface area contributed by atoms with E-state index in [0.29, 0.717) is 31.5 Å². The van der Waals surface area contributed by atoms with Crippen molar-refractivity contribution in [2.24, 2.45) is 0 Å². The molecule has 3 aromatic heterocycles. The summed E-state index contributed by atoms with van der Waals surface area (Å²) in [5.41, 5.74) is 1.20. The molecular formula is C19H23N5O3S2. The number of thioether (sulfide) groups is 1. The van der Waals surface area contributed by atoms with Gasteiger partial charge in [0.05, 0.1) is 38.3 Å². The Morgan fingerprint density at radius 1 is 1.31 bits per heavy atom. The number of morpholine rings is 1. The van der Waals surface area contributed by atoms with Gasteiger partial charge in [-0.1, -0.05) is 11.8 Å². The summed E-state index contributed by atoms with van der Waals surface area (Å²) < 4.78 is 13.0. The standard InChI is InChI=1S/C19H23N5O3S2/c1-14-4-10-28-16(14)11-20-17(25)13-29-19-22-21-18(23-5-8-26-9-6-23)24(19)12-15-3-2-7-27-15/h2-4,7,10H,5-6,8-9,11-13H2,1H3,(H,20,25). The van der Waals surface area contributed by atoms with E-state index in [1.54, 1.807) is 17.6 Å². The summed E-state index contributed by atoms with van der Waals surface area (Å²) in [7, 11) is 0. The van der Waals surface area contributed by atoms with Crippen LogP contribution < -0.4 is 10.2 Å². The maximum absolute atomic E-state index is 12.3. The molecule has 154 valence electrons. The summed E-state index contributed by atoms with van der Waals surface area (Å²) in [4.78, 5) is 15.7. The van der Waals surface area contributed by atoms with Gasteiger partial charge >= 0.3 is 0 Å². The number of rotatable bonds is 8. The minimum absolute atomic E-state index is 0.0247. The lowest BCUT2D eigenvalue weighted by Crippen LogP contribution is -2.38. The Labute approximate surface area is 177 Å². The number of thiophene rings is 1. The highest BCUT2D eigenvalue weighted by Gasteiger charge is 2.22. The number of hydrogen-bond acceptors (Lipinski definition) is 8. The van der Waals surface area contributed by atoms with Crippen molar-refractivity contribution in [1.82, 2.24) is 20.1 Å². The molecule has 0 bridgehead atoms. The molecule has 0 atom stereocenters. The molecule has 1 fully saturated rings. The van der Waals surface area contributed by atoms with Crippen molar-refractivity contribution in [2.75, 3.05) is 37.0 Å². The second kappa shape index (κ2) is 9.47. The van der Waals surface area contributed by atoms with E-state index in [1.165, 1.54) is 22.2 Å². The van der Waals surface area contributed by atoms with Gasteiger partial charge in [0.15, 0.2) is 5.16 Å². The molecule has 0 saturated carbocycles. The molecule has 8 nitrogen and oxygen atoms in total. The van der Waals surface area contributed by atoms with Crippen molar-refractivity contribution in [3.63, 3.8) is 0 Å². The van der Waals surface area contributed by atoms with Gasteiger partial charge in [0.2, 0.25) is 11.9 Å². The third-order valence-corrected chi connectivity index (χ3v) is 6.62. The number of aryl methyl sites for hydroxylation is 1. The number of carbonyl (C=O) groups excluding carboxylic acids is 1. The van der Waals surface area contributed by atoms with Crippen LogP contribution in [0.3, 0.4) is 0 Å². The Hall–Kier alpha value is -2.30. The monoisotopic (exact) mass is 433 g/mol. The minimum Gasteiger partial charge on any atom is -0.467 e. The fourth-order valence-electron chi connectivity index (χ4n) is 3.03. The van der Waals surface area contributed by atoms with E-state index in [9.17, 15) is 4.79 Å². The highest BCUT2D eigenvalue weighted by Crippen LogP contribution is 2.24. The lowest BCUT2D eigenvalue weighted by Gasteiger charge is -2.27. The number of aromatic nitrogens is 3. The van der Waals surface area contributed by atoms with Gasteiger partial charge < -0.3 is 19.4 Å². The molecule has 29 heavy (non-hydrogen) atoms. The van der Waals surface area contributed by atoms with Crippen LogP contribution in [0.1, 0.15) is 16.2 Å². The van der Waals surface area contributed by atoms with Crippen molar-refractivity contribution in [2.45, 2.75) is 25.2 Å². The van der Waals surface area contributed by atoms with E-state index in [2.05, 4.69) is 33.4 Å². The molecule has 3 aromatic rings. The first-order chi connectivity index (χ1) is 14.2. The largest absolute Gasteiger partial charge is 0.467 e. The topological polar surface area (TPSA) is 85.4 Å². The van der Waals surface area contributed by atoms with E-state index in [0.717, 1.165) is 24.8 Å². The molecule has 0 unspecified atom stereocenters. The fraction of sp³-hybridized carbons (Fsp3) is 0.421. The van der Waals surface area contributed by atoms with Crippen molar-refractivity contribution in [3.05, 3.63) is 46.0 Å². The molecule has 4 rings (SSSR count). The van der Waals surface area contributed by atoms with Gasteiger partial charge in [-0.3, -0.25) is 9.36 Å². The quantitative estimate of drug-likeness (QED) is 0.547. The zero-order chi connectivity index (χ0) is 20.1. The lowest BCUT2D eigenvalue weighted by atomic mass is 10.3. The highest BCUT2D eigenvalue weighted by molar-refractivity contribution is 7.99.